The molecule has 1 amide bonds. The zero-order valence-electron chi connectivity index (χ0n) is 16.7. The lowest BCUT2D eigenvalue weighted by molar-refractivity contribution is 0.102. The molecule has 158 valence electrons. The van der Waals surface area contributed by atoms with Crippen LogP contribution in [-0.4, -0.2) is 36.7 Å². The van der Waals surface area contributed by atoms with Crippen LogP contribution in [0.3, 0.4) is 0 Å². The Kier molecular flexibility index (Phi) is 5.85. The van der Waals surface area contributed by atoms with Gasteiger partial charge in [-0.3, -0.25) is 10.1 Å². The van der Waals surface area contributed by atoms with Gasteiger partial charge in [-0.2, -0.15) is 4.31 Å². The number of nitrogens with zero attached hydrogens (tertiary/aromatic N) is 2. The van der Waals surface area contributed by atoms with Crippen molar-refractivity contribution in [2.75, 3.05) is 18.4 Å². The second kappa shape index (κ2) is 8.26. The van der Waals surface area contributed by atoms with Gasteiger partial charge in [-0.15, -0.1) is 0 Å². The van der Waals surface area contributed by atoms with Gasteiger partial charge < -0.3 is 0 Å². The number of amides is 1. The Labute approximate surface area is 184 Å². The number of anilines is 1. The summed E-state index contributed by atoms with van der Waals surface area (Å²) < 4.78 is 28.1. The number of hydrogen-bond acceptors (Lipinski definition) is 5. The molecule has 3 aromatic rings. The van der Waals surface area contributed by atoms with Crippen molar-refractivity contribution in [2.45, 2.75) is 31.6 Å². The third kappa shape index (κ3) is 4.09. The van der Waals surface area contributed by atoms with Crippen LogP contribution in [0.25, 0.3) is 10.2 Å². The summed E-state index contributed by atoms with van der Waals surface area (Å²) >= 11 is 7.54. The molecule has 1 aliphatic heterocycles. The van der Waals surface area contributed by atoms with Crippen LogP contribution >= 0.6 is 22.9 Å². The Morgan fingerprint density at radius 2 is 1.97 bits per heavy atom. The lowest BCUT2D eigenvalue weighted by atomic mass is 10.0. The smallest absolute Gasteiger partial charge is 0.257 e. The molecule has 1 N–H and O–H groups in total. The molecule has 0 radical (unpaired) electrons. The molecule has 2 heterocycles. The van der Waals surface area contributed by atoms with Gasteiger partial charge in [0, 0.05) is 18.7 Å². The van der Waals surface area contributed by atoms with Crippen LogP contribution in [0.2, 0.25) is 5.02 Å². The minimum Gasteiger partial charge on any atom is -0.298 e. The second-order valence-corrected chi connectivity index (χ2v) is 11.0. The van der Waals surface area contributed by atoms with Crippen LogP contribution in [0.15, 0.2) is 41.3 Å². The number of thiazole rings is 1. The molecule has 1 unspecified atom stereocenters. The first-order valence-electron chi connectivity index (χ1n) is 9.73. The third-order valence-electron chi connectivity index (χ3n) is 5.29. The first-order valence-corrected chi connectivity index (χ1v) is 12.4. The highest BCUT2D eigenvalue weighted by atomic mass is 35.5. The van der Waals surface area contributed by atoms with E-state index in [0.717, 1.165) is 28.6 Å². The van der Waals surface area contributed by atoms with Gasteiger partial charge in [-0.1, -0.05) is 35.9 Å². The van der Waals surface area contributed by atoms with E-state index in [1.807, 2.05) is 19.1 Å². The van der Waals surface area contributed by atoms with E-state index >= 15 is 0 Å². The second-order valence-electron chi connectivity index (χ2n) is 7.65. The van der Waals surface area contributed by atoms with Gasteiger partial charge >= 0.3 is 0 Å². The van der Waals surface area contributed by atoms with Crippen molar-refractivity contribution in [3.05, 3.63) is 52.5 Å². The fourth-order valence-corrected chi connectivity index (χ4v) is 6.43. The van der Waals surface area contributed by atoms with Gasteiger partial charge in [0.25, 0.3) is 5.91 Å². The van der Waals surface area contributed by atoms with Crippen molar-refractivity contribution in [1.29, 1.82) is 0 Å². The average molecular weight is 464 g/mol. The van der Waals surface area contributed by atoms with Crippen LogP contribution in [-0.2, 0) is 10.0 Å². The van der Waals surface area contributed by atoms with E-state index in [1.54, 1.807) is 0 Å². The molecule has 0 saturated carbocycles. The van der Waals surface area contributed by atoms with Crippen molar-refractivity contribution in [3.8, 4) is 0 Å². The van der Waals surface area contributed by atoms with Gasteiger partial charge in [0.2, 0.25) is 10.0 Å². The number of carbonyl (C=O) groups excluding carboxylic acids is 1. The fraction of sp³-hybridized carbons (Fsp3) is 0.333. The van der Waals surface area contributed by atoms with E-state index in [1.165, 1.54) is 39.9 Å². The van der Waals surface area contributed by atoms with Crippen LogP contribution in [0, 0.1) is 12.8 Å². The van der Waals surface area contributed by atoms with Crippen molar-refractivity contribution in [2.24, 2.45) is 5.92 Å². The third-order valence-corrected chi connectivity index (χ3v) is 8.60. The lowest BCUT2D eigenvalue weighted by Gasteiger charge is -2.30. The largest absolute Gasteiger partial charge is 0.298 e. The Morgan fingerprint density at radius 1 is 1.23 bits per heavy atom. The molecule has 2 aromatic carbocycles. The molecule has 1 atom stereocenters. The van der Waals surface area contributed by atoms with Gasteiger partial charge in [0.15, 0.2) is 5.13 Å². The number of benzene rings is 2. The molecule has 1 aromatic heterocycles. The number of halogens is 1. The Bertz CT molecular complexity index is 1170. The normalized spacial score (nSPS) is 17.9. The maximum atomic E-state index is 12.9. The summed E-state index contributed by atoms with van der Waals surface area (Å²) in [6.07, 6.45) is 1.91. The number of piperidine rings is 1. The summed E-state index contributed by atoms with van der Waals surface area (Å²) in [5.74, 6) is 0.00268. The highest BCUT2D eigenvalue weighted by Gasteiger charge is 2.28. The highest BCUT2D eigenvalue weighted by Crippen LogP contribution is 2.34. The summed E-state index contributed by atoms with van der Waals surface area (Å²) in [5, 5.41) is 3.82. The SMILES string of the molecule is Cc1ccc(Cl)c2sc(NC(=O)c3ccc(S(=O)(=O)N4CCCC(C)C4)cc3)nc12. The topological polar surface area (TPSA) is 79.4 Å². The number of nitrogens with one attached hydrogen (secondary N) is 1. The summed E-state index contributed by atoms with van der Waals surface area (Å²) in [6, 6.07) is 9.73. The maximum Gasteiger partial charge on any atom is 0.257 e. The standard InChI is InChI=1S/C21H22ClN3O3S2/c1-13-4-3-11-25(12-13)30(27,28)16-8-6-15(7-9-16)20(26)24-21-23-18-14(2)5-10-17(22)19(18)29-21/h5-10,13H,3-4,11-12H2,1-2H3,(H,23,24,26). The van der Waals surface area contributed by atoms with Gasteiger partial charge in [0.1, 0.15) is 0 Å². The molecule has 1 saturated heterocycles. The molecule has 6 nitrogen and oxygen atoms in total. The van der Waals surface area contributed by atoms with E-state index in [2.05, 4.69) is 17.2 Å². The van der Waals surface area contributed by atoms with E-state index < -0.39 is 10.0 Å². The Balaban J connectivity index is 1.52. The van der Waals surface area contributed by atoms with E-state index in [9.17, 15) is 13.2 Å². The van der Waals surface area contributed by atoms with Crippen LogP contribution in [0.1, 0.15) is 35.7 Å². The van der Waals surface area contributed by atoms with E-state index in [-0.39, 0.29) is 10.8 Å². The Morgan fingerprint density at radius 3 is 2.63 bits per heavy atom. The number of aromatic nitrogens is 1. The number of hydrogen-bond donors (Lipinski definition) is 1. The fourth-order valence-electron chi connectivity index (χ4n) is 3.62. The summed E-state index contributed by atoms with van der Waals surface area (Å²) in [6.45, 7) is 5.07. The lowest BCUT2D eigenvalue weighted by Crippen LogP contribution is -2.39. The van der Waals surface area contributed by atoms with E-state index in [0.29, 0.717) is 34.7 Å². The predicted molar refractivity (Wildman–Crippen MR) is 121 cm³/mol. The van der Waals surface area contributed by atoms with Crippen molar-refractivity contribution in [1.82, 2.24) is 9.29 Å². The molecule has 0 bridgehead atoms. The average Bonchev–Trinajstić information content (AvgIpc) is 3.16. The molecule has 9 heteroatoms. The monoisotopic (exact) mass is 463 g/mol. The minimum atomic E-state index is -3.55. The molecule has 4 rings (SSSR count). The summed E-state index contributed by atoms with van der Waals surface area (Å²) in [5.41, 5.74) is 2.11. The zero-order valence-corrected chi connectivity index (χ0v) is 19.1. The predicted octanol–water partition coefficient (Wildman–Crippen LogP) is 4.93. The zero-order chi connectivity index (χ0) is 21.5. The van der Waals surface area contributed by atoms with Crippen molar-refractivity contribution >= 4 is 54.2 Å². The highest BCUT2D eigenvalue weighted by molar-refractivity contribution is 7.89. The summed E-state index contributed by atoms with van der Waals surface area (Å²) in [7, 11) is -3.55. The van der Waals surface area contributed by atoms with Crippen LogP contribution in [0.4, 0.5) is 5.13 Å². The maximum absolute atomic E-state index is 12.9. The van der Waals surface area contributed by atoms with E-state index in [4.69, 9.17) is 11.6 Å². The molecule has 30 heavy (non-hydrogen) atoms. The molecular formula is C21H22ClN3O3S2. The Hall–Kier alpha value is -2.00. The number of aryl methyl sites for hydroxylation is 1. The number of fused-ring (bicyclic) bond motifs is 1. The van der Waals surface area contributed by atoms with Crippen molar-refractivity contribution < 1.29 is 13.2 Å². The quantitative estimate of drug-likeness (QED) is 0.594. The first-order chi connectivity index (χ1) is 14.3. The molecule has 0 spiro atoms. The minimum absolute atomic E-state index is 0.204. The van der Waals surface area contributed by atoms with Crippen LogP contribution in [0.5, 0.6) is 0 Å². The number of rotatable bonds is 4. The van der Waals surface area contributed by atoms with Crippen LogP contribution < -0.4 is 5.32 Å². The number of sulfonamides is 1. The molecule has 0 aliphatic carbocycles. The molecular weight excluding hydrogens is 442 g/mol. The first kappa shape index (κ1) is 21.2. The molecule has 1 aliphatic rings. The van der Waals surface area contributed by atoms with Crippen molar-refractivity contribution in [3.63, 3.8) is 0 Å². The number of carbonyl (C=O) groups is 1. The van der Waals surface area contributed by atoms with Gasteiger partial charge in [-0.05, 0) is 61.6 Å². The summed E-state index contributed by atoms with van der Waals surface area (Å²) in [4.78, 5) is 17.3. The van der Waals surface area contributed by atoms with Gasteiger partial charge in [0.05, 0.1) is 20.1 Å². The van der Waals surface area contributed by atoms with Gasteiger partial charge in [-0.25, -0.2) is 13.4 Å². The molecule has 1 fully saturated rings.